The number of halogens is 1. The van der Waals surface area contributed by atoms with E-state index in [1.54, 1.807) is 24.3 Å². The van der Waals surface area contributed by atoms with E-state index in [2.05, 4.69) is 9.97 Å². The number of aromatic nitrogens is 2. The zero-order valence-corrected chi connectivity index (χ0v) is 9.26. The number of nitrogens with zero attached hydrogens (tertiary/aromatic N) is 2. The van der Waals surface area contributed by atoms with Gasteiger partial charge in [0.25, 0.3) is 0 Å². The smallest absolute Gasteiger partial charge is 0.356 e. The van der Waals surface area contributed by atoms with Crippen LogP contribution in [0.5, 0.6) is 11.6 Å². The number of ether oxygens (including phenoxy) is 1. The zero-order chi connectivity index (χ0) is 12.3. The SMILES string of the molecule is O=C(O)c1cnc(Oc2ccc(Cl)cc2)cn1. The first kappa shape index (κ1) is 11.3. The Morgan fingerprint density at radius 3 is 2.41 bits per heavy atom. The summed E-state index contributed by atoms with van der Waals surface area (Å²) < 4.78 is 5.34. The van der Waals surface area contributed by atoms with Gasteiger partial charge >= 0.3 is 5.97 Å². The maximum absolute atomic E-state index is 10.6. The average Bonchev–Trinajstić information content (AvgIpc) is 2.33. The van der Waals surface area contributed by atoms with Gasteiger partial charge in [0.15, 0.2) is 5.69 Å². The first-order valence-corrected chi connectivity index (χ1v) is 5.02. The molecule has 0 aliphatic carbocycles. The summed E-state index contributed by atoms with van der Waals surface area (Å²) in [4.78, 5) is 18.0. The van der Waals surface area contributed by atoms with Gasteiger partial charge < -0.3 is 9.84 Å². The molecule has 0 saturated carbocycles. The van der Waals surface area contributed by atoms with Gasteiger partial charge in [-0.1, -0.05) is 11.6 Å². The normalized spacial score (nSPS) is 9.94. The summed E-state index contributed by atoms with van der Waals surface area (Å²) in [6.45, 7) is 0. The van der Waals surface area contributed by atoms with Gasteiger partial charge in [0.05, 0.1) is 12.4 Å². The monoisotopic (exact) mass is 250 g/mol. The van der Waals surface area contributed by atoms with Crippen LogP contribution in [-0.2, 0) is 0 Å². The van der Waals surface area contributed by atoms with E-state index >= 15 is 0 Å². The summed E-state index contributed by atoms with van der Waals surface area (Å²) in [5.41, 5.74) is -0.131. The van der Waals surface area contributed by atoms with E-state index in [0.717, 1.165) is 6.20 Å². The number of hydrogen-bond donors (Lipinski definition) is 1. The molecule has 1 N–H and O–H groups in total. The van der Waals surface area contributed by atoms with Crippen molar-refractivity contribution >= 4 is 17.6 Å². The highest BCUT2D eigenvalue weighted by molar-refractivity contribution is 6.30. The number of benzene rings is 1. The highest BCUT2D eigenvalue weighted by Crippen LogP contribution is 2.20. The number of rotatable bonds is 3. The molecule has 0 aliphatic heterocycles. The third-order valence-electron chi connectivity index (χ3n) is 1.88. The quantitative estimate of drug-likeness (QED) is 0.907. The number of aromatic carboxylic acids is 1. The van der Waals surface area contributed by atoms with Crippen molar-refractivity contribution in [2.75, 3.05) is 0 Å². The van der Waals surface area contributed by atoms with Crippen molar-refractivity contribution in [1.82, 2.24) is 9.97 Å². The Hall–Kier alpha value is -2.14. The Kier molecular flexibility index (Phi) is 3.20. The minimum Gasteiger partial charge on any atom is -0.476 e. The number of hydrogen-bond acceptors (Lipinski definition) is 4. The van der Waals surface area contributed by atoms with Crippen molar-refractivity contribution in [2.24, 2.45) is 0 Å². The van der Waals surface area contributed by atoms with E-state index in [-0.39, 0.29) is 11.6 Å². The molecule has 1 aromatic heterocycles. The largest absolute Gasteiger partial charge is 0.476 e. The molecule has 0 fully saturated rings. The van der Waals surface area contributed by atoms with Crippen LogP contribution in [-0.4, -0.2) is 21.0 Å². The predicted octanol–water partition coefficient (Wildman–Crippen LogP) is 2.62. The molecule has 0 amide bonds. The molecular weight excluding hydrogens is 244 g/mol. The summed E-state index contributed by atoms with van der Waals surface area (Å²) in [7, 11) is 0. The van der Waals surface area contributed by atoms with Crippen LogP contribution in [0.4, 0.5) is 0 Å². The van der Waals surface area contributed by atoms with Crippen LogP contribution in [0.15, 0.2) is 36.7 Å². The maximum Gasteiger partial charge on any atom is 0.356 e. The molecule has 1 aromatic carbocycles. The fourth-order valence-electron chi connectivity index (χ4n) is 1.10. The molecule has 17 heavy (non-hydrogen) atoms. The molecular formula is C11H7ClN2O3. The fourth-order valence-corrected chi connectivity index (χ4v) is 1.23. The van der Waals surface area contributed by atoms with E-state index in [0.29, 0.717) is 10.8 Å². The second kappa shape index (κ2) is 4.80. The summed E-state index contributed by atoms with van der Waals surface area (Å²) >= 11 is 5.72. The Morgan fingerprint density at radius 1 is 1.18 bits per heavy atom. The first-order chi connectivity index (χ1) is 8.15. The van der Waals surface area contributed by atoms with Crippen LogP contribution >= 0.6 is 11.6 Å². The summed E-state index contributed by atoms with van der Waals surface area (Å²) in [5, 5.41) is 9.24. The van der Waals surface area contributed by atoms with Crippen molar-refractivity contribution < 1.29 is 14.6 Å². The molecule has 0 atom stereocenters. The van der Waals surface area contributed by atoms with Gasteiger partial charge in [-0.25, -0.2) is 14.8 Å². The predicted molar refractivity (Wildman–Crippen MR) is 60.5 cm³/mol. The van der Waals surface area contributed by atoms with E-state index in [1.807, 2.05) is 0 Å². The van der Waals surface area contributed by atoms with Crippen LogP contribution in [0.3, 0.4) is 0 Å². The Bertz CT molecular complexity index is 525. The average molecular weight is 251 g/mol. The molecule has 2 aromatic rings. The second-order valence-electron chi connectivity index (χ2n) is 3.10. The lowest BCUT2D eigenvalue weighted by molar-refractivity contribution is 0.0690. The van der Waals surface area contributed by atoms with Crippen molar-refractivity contribution in [1.29, 1.82) is 0 Å². The Morgan fingerprint density at radius 2 is 1.88 bits per heavy atom. The molecule has 0 bridgehead atoms. The van der Waals surface area contributed by atoms with E-state index in [1.165, 1.54) is 6.20 Å². The van der Waals surface area contributed by atoms with Crippen molar-refractivity contribution in [2.45, 2.75) is 0 Å². The van der Waals surface area contributed by atoms with Gasteiger partial charge in [0.1, 0.15) is 5.75 Å². The first-order valence-electron chi connectivity index (χ1n) is 4.64. The molecule has 6 heteroatoms. The lowest BCUT2D eigenvalue weighted by Gasteiger charge is -2.03. The third kappa shape index (κ3) is 2.92. The third-order valence-corrected chi connectivity index (χ3v) is 2.14. The minimum absolute atomic E-state index is 0.131. The van der Waals surface area contributed by atoms with E-state index in [4.69, 9.17) is 21.4 Å². The highest BCUT2D eigenvalue weighted by Gasteiger charge is 2.05. The van der Waals surface area contributed by atoms with E-state index in [9.17, 15) is 4.79 Å². The maximum atomic E-state index is 10.6. The van der Waals surface area contributed by atoms with Crippen molar-refractivity contribution in [3.8, 4) is 11.6 Å². The standard InChI is InChI=1S/C11H7ClN2O3/c12-7-1-3-8(4-2-7)17-10-6-13-9(5-14-10)11(15)16/h1-6H,(H,15,16). The van der Waals surface area contributed by atoms with Gasteiger partial charge in [-0.05, 0) is 24.3 Å². The van der Waals surface area contributed by atoms with Gasteiger partial charge in [0.2, 0.25) is 5.88 Å². The Balaban J connectivity index is 2.13. The van der Waals surface area contributed by atoms with Crippen LogP contribution in [0.1, 0.15) is 10.5 Å². The molecule has 0 saturated heterocycles. The lowest BCUT2D eigenvalue weighted by atomic mass is 10.3. The molecule has 0 unspecified atom stereocenters. The lowest BCUT2D eigenvalue weighted by Crippen LogP contribution is -2.01. The van der Waals surface area contributed by atoms with Crippen LogP contribution in [0, 0.1) is 0 Å². The summed E-state index contributed by atoms with van der Waals surface area (Å²) in [6.07, 6.45) is 2.38. The topological polar surface area (TPSA) is 72.3 Å². The van der Waals surface area contributed by atoms with Crippen LogP contribution in [0.2, 0.25) is 5.02 Å². The van der Waals surface area contributed by atoms with Gasteiger partial charge in [-0.3, -0.25) is 0 Å². The molecule has 1 heterocycles. The minimum atomic E-state index is -1.13. The van der Waals surface area contributed by atoms with E-state index < -0.39 is 5.97 Å². The van der Waals surface area contributed by atoms with Crippen molar-refractivity contribution in [3.05, 3.63) is 47.4 Å². The van der Waals surface area contributed by atoms with Crippen LogP contribution < -0.4 is 4.74 Å². The fraction of sp³-hybridized carbons (Fsp3) is 0. The van der Waals surface area contributed by atoms with Crippen LogP contribution in [0.25, 0.3) is 0 Å². The molecule has 0 spiro atoms. The second-order valence-corrected chi connectivity index (χ2v) is 3.54. The molecule has 86 valence electrons. The Labute approximate surface area is 102 Å². The number of carbonyl (C=O) groups is 1. The number of carboxylic acids is 1. The summed E-state index contributed by atoms with van der Waals surface area (Å²) in [5.74, 6) is -0.361. The summed E-state index contributed by atoms with van der Waals surface area (Å²) in [6, 6.07) is 6.70. The van der Waals surface area contributed by atoms with Crippen molar-refractivity contribution in [3.63, 3.8) is 0 Å². The zero-order valence-electron chi connectivity index (χ0n) is 8.50. The van der Waals surface area contributed by atoms with Gasteiger partial charge in [0, 0.05) is 5.02 Å². The number of carboxylic acid groups (broad SMARTS) is 1. The molecule has 2 rings (SSSR count). The molecule has 0 aliphatic rings. The van der Waals surface area contributed by atoms with Gasteiger partial charge in [-0.15, -0.1) is 0 Å². The van der Waals surface area contributed by atoms with Gasteiger partial charge in [-0.2, -0.15) is 0 Å². The molecule has 0 radical (unpaired) electrons. The highest BCUT2D eigenvalue weighted by atomic mass is 35.5. The molecule has 5 nitrogen and oxygen atoms in total.